The van der Waals surface area contributed by atoms with Crippen LogP contribution in [-0.2, 0) is 11.2 Å². The number of hydrogen-bond acceptors (Lipinski definition) is 6. The SMILES string of the molecule is Cc1nccc(-c2noc(CCC(=O)O)n2)n1. The van der Waals surface area contributed by atoms with E-state index in [1.54, 1.807) is 19.2 Å². The van der Waals surface area contributed by atoms with Crippen molar-refractivity contribution in [2.75, 3.05) is 0 Å². The number of carboxylic acids is 1. The lowest BCUT2D eigenvalue weighted by Gasteiger charge is -1.93. The van der Waals surface area contributed by atoms with E-state index < -0.39 is 5.97 Å². The van der Waals surface area contributed by atoms with Crippen LogP contribution in [0.3, 0.4) is 0 Å². The molecule has 0 aliphatic heterocycles. The zero-order valence-corrected chi connectivity index (χ0v) is 9.12. The van der Waals surface area contributed by atoms with Crippen LogP contribution in [0.25, 0.3) is 11.5 Å². The van der Waals surface area contributed by atoms with Crippen LogP contribution in [0.15, 0.2) is 16.8 Å². The van der Waals surface area contributed by atoms with Gasteiger partial charge in [0.25, 0.3) is 0 Å². The van der Waals surface area contributed by atoms with E-state index in [1.807, 2.05) is 0 Å². The lowest BCUT2D eigenvalue weighted by atomic mass is 10.3. The van der Waals surface area contributed by atoms with Crippen molar-refractivity contribution in [1.29, 1.82) is 0 Å². The first-order valence-corrected chi connectivity index (χ1v) is 4.99. The molecular formula is C10H10N4O3. The molecule has 0 saturated heterocycles. The minimum absolute atomic E-state index is 0.0373. The number of rotatable bonds is 4. The van der Waals surface area contributed by atoms with Gasteiger partial charge in [-0.2, -0.15) is 4.98 Å². The fourth-order valence-electron chi connectivity index (χ4n) is 1.26. The predicted octanol–water partition coefficient (Wildman–Crippen LogP) is 0.852. The third-order valence-electron chi connectivity index (χ3n) is 2.03. The number of carboxylic acid groups (broad SMARTS) is 1. The van der Waals surface area contributed by atoms with Crippen LogP contribution >= 0.6 is 0 Å². The fraction of sp³-hybridized carbons (Fsp3) is 0.300. The fourth-order valence-corrected chi connectivity index (χ4v) is 1.26. The van der Waals surface area contributed by atoms with Gasteiger partial charge < -0.3 is 9.63 Å². The van der Waals surface area contributed by atoms with Crippen LogP contribution < -0.4 is 0 Å². The van der Waals surface area contributed by atoms with Crippen LogP contribution in [0.2, 0.25) is 0 Å². The lowest BCUT2D eigenvalue weighted by molar-refractivity contribution is -0.137. The van der Waals surface area contributed by atoms with Crippen LogP contribution in [0, 0.1) is 6.92 Å². The zero-order valence-electron chi connectivity index (χ0n) is 9.12. The van der Waals surface area contributed by atoms with Crippen molar-refractivity contribution in [3.05, 3.63) is 24.0 Å². The van der Waals surface area contributed by atoms with Gasteiger partial charge in [0.2, 0.25) is 11.7 Å². The Balaban J connectivity index is 2.15. The molecule has 2 heterocycles. The van der Waals surface area contributed by atoms with E-state index in [1.165, 1.54) is 0 Å². The average molecular weight is 234 g/mol. The summed E-state index contributed by atoms with van der Waals surface area (Å²) in [7, 11) is 0. The Morgan fingerprint density at radius 3 is 3.00 bits per heavy atom. The van der Waals surface area contributed by atoms with Gasteiger partial charge >= 0.3 is 5.97 Å². The van der Waals surface area contributed by atoms with Crippen molar-refractivity contribution in [3.63, 3.8) is 0 Å². The largest absolute Gasteiger partial charge is 0.481 e. The first-order chi connectivity index (χ1) is 8.15. The van der Waals surface area contributed by atoms with Gasteiger partial charge in [-0.25, -0.2) is 9.97 Å². The van der Waals surface area contributed by atoms with E-state index in [9.17, 15) is 4.79 Å². The number of carbonyl (C=O) groups is 1. The van der Waals surface area contributed by atoms with Crippen molar-refractivity contribution >= 4 is 5.97 Å². The minimum atomic E-state index is -0.900. The molecule has 0 saturated carbocycles. The Kier molecular flexibility index (Phi) is 3.08. The maximum Gasteiger partial charge on any atom is 0.303 e. The first kappa shape index (κ1) is 11.2. The molecule has 2 aromatic rings. The quantitative estimate of drug-likeness (QED) is 0.836. The molecule has 88 valence electrons. The van der Waals surface area contributed by atoms with Crippen molar-refractivity contribution in [2.24, 2.45) is 0 Å². The second kappa shape index (κ2) is 4.69. The maximum absolute atomic E-state index is 10.4. The van der Waals surface area contributed by atoms with E-state index >= 15 is 0 Å². The average Bonchev–Trinajstić information content (AvgIpc) is 2.75. The normalized spacial score (nSPS) is 10.4. The summed E-state index contributed by atoms with van der Waals surface area (Å²) in [4.78, 5) is 22.5. The van der Waals surface area contributed by atoms with Crippen molar-refractivity contribution in [3.8, 4) is 11.5 Å². The molecule has 7 nitrogen and oxygen atoms in total. The summed E-state index contributed by atoms with van der Waals surface area (Å²) in [5.41, 5.74) is 0.558. The van der Waals surface area contributed by atoms with E-state index in [2.05, 4.69) is 20.1 Å². The van der Waals surface area contributed by atoms with Crippen molar-refractivity contribution in [2.45, 2.75) is 19.8 Å². The van der Waals surface area contributed by atoms with Crippen molar-refractivity contribution < 1.29 is 14.4 Å². The second-order valence-electron chi connectivity index (χ2n) is 3.39. The first-order valence-electron chi connectivity index (χ1n) is 4.99. The lowest BCUT2D eigenvalue weighted by Crippen LogP contribution is -1.97. The number of hydrogen-bond donors (Lipinski definition) is 1. The summed E-state index contributed by atoms with van der Waals surface area (Å²) in [5, 5.41) is 12.3. The predicted molar refractivity (Wildman–Crippen MR) is 56.0 cm³/mol. The van der Waals surface area contributed by atoms with E-state index in [0.717, 1.165) is 0 Å². The molecule has 0 amide bonds. The highest BCUT2D eigenvalue weighted by molar-refractivity contribution is 5.66. The molecule has 0 bridgehead atoms. The molecule has 0 spiro atoms. The highest BCUT2D eigenvalue weighted by Crippen LogP contribution is 2.12. The molecule has 2 aromatic heterocycles. The Morgan fingerprint density at radius 1 is 1.47 bits per heavy atom. The Hall–Kier alpha value is -2.31. The highest BCUT2D eigenvalue weighted by atomic mass is 16.5. The molecule has 1 N–H and O–H groups in total. The number of aromatic nitrogens is 4. The van der Waals surface area contributed by atoms with Gasteiger partial charge in [-0.15, -0.1) is 0 Å². The van der Waals surface area contributed by atoms with Gasteiger partial charge in [0, 0.05) is 12.6 Å². The standard InChI is InChI=1S/C10H10N4O3/c1-6-11-5-4-7(12-6)10-13-8(17-14-10)2-3-9(15)16/h4-5H,2-3H2,1H3,(H,15,16). The van der Waals surface area contributed by atoms with Gasteiger partial charge in [0.1, 0.15) is 11.5 Å². The Labute approximate surface area is 96.5 Å². The molecule has 0 radical (unpaired) electrons. The van der Waals surface area contributed by atoms with E-state index in [4.69, 9.17) is 9.63 Å². The number of nitrogens with zero attached hydrogens (tertiary/aromatic N) is 4. The maximum atomic E-state index is 10.4. The summed E-state index contributed by atoms with van der Waals surface area (Å²) in [5.74, 6) is 0.344. The van der Waals surface area contributed by atoms with Gasteiger partial charge in [-0.1, -0.05) is 5.16 Å². The smallest absolute Gasteiger partial charge is 0.303 e. The highest BCUT2D eigenvalue weighted by Gasteiger charge is 2.11. The summed E-state index contributed by atoms with van der Waals surface area (Å²) in [6, 6.07) is 1.67. The van der Waals surface area contributed by atoms with Crippen LogP contribution in [0.4, 0.5) is 0 Å². The number of aliphatic carboxylic acids is 1. The van der Waals surface area contributed by atoms with Crippen LogP contribution in [-0.4, -0.2) is 31.2 Å². The molecule has 0 aromatic carbocycles. The third kappa shape index (κ3) is 2.83. The molecule has 0 fully saturated rings. The minimum Gasteiger partial charge on any atom is -0.481 e. The summed E-state index contributed by atoms with van der Waals surface area (Å²) >= 11 is 0. The van der Waals surface area contributed by atoms with Gasteiger partial charge in [0.05, 0.1) is 6.42 Å². The summed E-state index contributed by atoms with van der Waals surface area (Å²) in [6.45, 7) is 1.76. The van der Waals surface area contributed by atoms with E-state index in [-0.39, 0.29) is 12.8 Å². The molecule has 2 rings (SSSR count). The molecule has 0 unspecified atom stereocenters. The summed E-state index contributed by atoms with van der Waals surface area (Å²) < 4.78 is 4.92. The van der Waals surface area contributed by atoms with Crippen molar-refractivity contribution in [1.82, 2.24) is 20.1 Å². The van der Waals surface area contributed by atoms with Gasteiger partial charge in [-0.3, -0.25) is 4.79 Å². The Bertz CT molecular complexity index is 538. The molecule has 17 heavy (non-hydrogen) atoms. The summed E-state index contributed by atoms with van der Waals surface area (Å²) in [6.07, 6.45) is 1.78. The zero-order chi connectivity index (χ0) is 12.3. The molecule has 7 heteroatoms. The topological polar surface area (TPSA) is 102 Å². The monoisotopic (exact) mass is 234 g/mol. The van der Waals surface area contributed by atoms with E-state index in [0.29, 0.717) is 23.2 Å². The molecule has 0 aliphatic carbocycles. The molecule has 0 atom stereocenters. The third-order valence-corrected chi connectivity index (χ3v) is 2.03. The van der Waals surface area contributed by atoms with Crippen LogP contribution in [0.5, 0.6) is 0 Å². The second-order valence-corrected chi connectivity index (χ2v) is 3.39. The van der Waals surface area contributed by atoms with Gasteiger partial charge in [0.15, 0.2) is 0 Å². The molecule has 0 aliphatic rings. The number of aryl methyl sites for hydroxylation is 2. The molecular weight excluding hydrogens is 224 g/mol. The Morgan fingerprint density at radius 2 is 2.29 bits per heavy atom. The van der Waals surface area contributed by atoms with Gasteiger partial charge in [-0.05, 0) is 13.0 Å². The van der Waals surface area contributed by atoms with Crippen LogP contribution in [0.1, 0.15) is 18.1 Å².